The molecule has 1 aliphatic heterocycles. The number of benzene rings is 1. The number of carbonyl (C=O) groups excluding carboxylic acids is 1. The Labute approximate surface area is 186 Å². The van der Waals surface area contributed by atoms with Gasteiger partial charge in [0.05, 0.1) is 12.6 Å². The van der Waals surface area contributed by atoms with Crippen LogP contribution < -0.4 is 15.8 Å². The average molecular weight is 502 g/mol. The zero-order valence-electron chi connectivity index (χ0n) is 17.3. The molecule has 7 heteroatoms. The van der Waals surface area contributed by atoms with Crippen LogP contribution in [0.1, 0.15) is 58.1 Å². The van der Waals surface area contributed by atoms with Gasteiger partial charge in [-0.25, -0.2) is 0 Å². The third-order valence-electron chi connectivity index (χ3n) is 5.01. The summed E-state index contributed by atoms with van der Waals surface area (Å²) in [5.41, 5.74) is 7.13. The highest BCUT2D eigenvalue weighted by Crippen LogP contribution is 2.18. The molecular weight excluding hydrogens is 467 g/mol. The molecule has 158 valence electrons. The molecule has 1 aliphatic rings. The quantitative estimate of drug-likeness (QED) is 0.246. The number of likely N-dealkylation sites (tertiary alicyclic amines) is 1. The number of hydrogen-bond acceptors (Lipinski definition) is 3. The Morgan fingerprint density at radius 1 is 1.32 bits per heavy atom. The van der Waals surface area contributed by atoms with E-state index in [9.17, 15) is 4.79 Å². The minimum atomic E-state index is -0.0305. The number of piperidine rings is 1. The Morgan fingerprint density at radius 2 is 1.96 bits per heavy atom. The maximum absolute atomic E-state index is 12.2. The molecule has 6 nitrogen and oxygen atoms in total. The molecule has 0 saturated carbocycles. The largest absolute Gasteiger partial charge is 0.494 e. The van der Waals surface area contributed by atoms with Crippen molar-refractivity contribution in [2.45, 2.75) is 52.5 Å². The van der Waals surface area contributed by atoms with Gasteiger partial charge in [0.2, 0.25) is 5.91 Å². The second kappa shape index (κ2) is 12.9. The number of hydrogen-bond donors (Lipinski definition) is 2. The maximum atomic E-state index is 12.2. The molecule has 0 aliphatic carbocycles. The molecule has 1 fully saturated rings. The van der Waals surface area contributed by atoms with E-state index in [1.807, 2.05) is 38.1 Å². The van der Waals surface area contributed by atoms with Crippen LogP contribution >= 0.6 is 24.0 Å². The number of guanidine groups is 1. The summed E-state index contributed by atoms with van der Waals surface area (Å²) in [5.74, 6) is 2.27. The number of nitrogens with one attached hydrogen (secondary N) is 1. The van der Waals surface area contributed by atoms with Gasteiger partial charge in [-0.3, -0.25) is 9.79 Å². The van der Waals surface area contributed by atoms with E-state index in [1.165, 1.54) is 12.8 Å². The van der Waals surface area contributed by atoms with E-state index in [0.29, 0.717) is 32.0 Å². The van der Waals surface area contributed by atoms with Crippen molar-refractivity contribution in [1.29, 1.82) is 0 Å². The van der Waals surface area contributed by atoms with Crippen LogP contribution in [0.15, 0.2) is 29.3 Å². The van der Waals surface area contributed by atoms with Crippen molar-refractivity contribution < 1.29 is 9.53 Å². The van der Waals surface area contributed by atoms with Crippen LogP contribution in [0, 0.1) is 5.92 Å². The molecule has 1 aromatic carbocycles. The molecule has 1 unspecified atom stereocenters. The Kier molecular flexibility index (Phi) is 11.3. The molecule has 3 N–H and O–H groups in total. The molecule has 0 spiro atoms. The van der Waals surface area contributed by atoms with Crippen LogP contribution in [0.25, 0.3) is 0 Å². The van der Waals surface area contributed by atoms with Crippen molar-refractivity contribution >= 4 is 35.8 Å². The number of rotatable bonds is 8. The third kappa shape index (κ3) is 8.24. The van der Waals surface area contributed by atoms with Gasteiger partial charge in [-0.05, 0) is 56.7 Å². The highest BCUT2D eigenvalue weighted by Gasteiger charge is 2.16. The predicted molar refractivity (Wildman–Crippen MR) is 125 cm³/mol. The first-order valence-electron chi connectivity index (χ1n) is 10.1. The summed E-state index contributed by atoms with van der Waals surface area (Å²) in [5, 5.41) is 3.03. The lowest BCUT2D eigenvalue weighted by Crippen LogP contribution is -2.42. The molecule has 1 saturated heterocycles. The summed E-state index contributed by atoms with van der Waals surface area (Å²) in [6.07, 6.45) is 3.49. The fourth-order valence-corrected chi connectivity index (χ4v) is 3.19. The van der Waals surface area contributed by atoms with E-state index < -0.39 is 0 Å². The second-order valence-electron chi connectivity index (χ2n) is 7.30. The van der Waals surface area contributed by atoms with Crippen molar-refractivity contribution in [1.82, 2.24) is 10.2 Å². The van der Waals surface area contributed by atoms with Crippen molar-refractivity contribution in [3.63, 3.8) is 0 Å². The molecule has 1 aromatic rings. The molecule has 2 rings (SSSR count). The molecule has 0 bridgehead atoms. The highest BCUT2D eigenvalue weighted by atomic mass is 127. The molecule has 1 atom stereocenters. The summed E-state index contributed by atoms with van der Waals surface area (Å²) in [6.45, 7) is 9.42. The van der Waals surface area contributed by atoms with Crippen LogP contribution in [-0.2, 0) is 4.79 Å². The topological polar surface area (TPSA) is 79.9 Å². The SMILES string of the molecule is CCOc1ccc(C(C)NC(=O)CCCN=C(N)N2CCC(C)CC2)cc1.I. The van der Waals surface area contributed by atoms with Gasteiger partial charge < -0.3 is 20.7 Å². The van der Waals surface area contributed by atoms with Crippen molar-refractivity contribution in [2.24, 2.45) is 16.6 Å². The normalized spacial score (nSPS) is 16.2. The Balaban J connectivity index is 0.00000392. The van der Waals surface area contributed by atoms with Crippen LogP contribution in [0.4, 0.5) is 0 Å². The van der Waals surface area contributed by atoms with E-state index in [1.54, 1.807) is 0 Å². The smallest absolute Gasteiger partial charge is 0.220 e. The third-order valence-corrected chi connectivity index (χ3v) is 5.01. The first-order valence-corrected chi connectivity index (χ1v) is 10.1. The van der Waals surface area contributed by atoms with E-state index >= 15 is 0 Å². The maximum Gasteiger partial charge on any atom is 0.220 e. The molecule has 1 heterocycles. The van der Waals surface area contributed by atoms with Crippen LogP contribution in [0.3, 0.4) is 0 Å². The lowest BCUT2D eigenvalue weighted by atomic mass is 10.00. The fourth-order valence-electron chi connectivity index (χ4n) is 3.19. The monoisotopic (exact) mass is 502 g/mol. The lowest BCUT2D eigenvalue weighted by molar-refractivity contribution is -0.121. The summed E-state index contributed by atoms with van der Waals surface area (Å²) in [6, 6.07) is 7.80. The van der Waals surface area contributed by atoms with Crippen LogP contribution in [0.2, 0.25) is 0 Å². The van der Waals surface area contributed by atoms with E-state index in [0.717, 1.165) is 30.3 Å². The highest BCUT2D eigenvalue weighted by molar-refractivity contribution is 14.0. The summed E-state index contributed by atoms with van der Waals surface area (Å²) in [7, 11) is 0. The molecule has 1 amide bonds. The Morgan fingerprint density at radius 3 is 2.57 bits per heavy atom. The standard InChI is InChI=1S/C21H34N4O2.HI/c1-4-27-19-9-7-18(8-10-19)17(3)24-20(26)6-5-13-23-21(22)25-14-11-16(2)12-15-25;/h7-10,16-17H,4-6,11-15H2,1-3H3,(H2,22,23)(H,24,26);1H. The molecule has 0 aromatic heterocycles. The van der Waals surface area contributed by atoms with Gasteiger partial charge in [0.25, 0.3) is 0 Å². The predicted octanol–water partition coefficient (Wildman–Crippen LogP) is 3.71. The zero-order valence-corrected chi connectivity index (χ0v) is 19.6. The summed E-state index contributed by atoms with van der Waals surface area (Å²) in [4.78, 5) is 18.7. The van der Waals surface area contributed by atoms with Crippen LogP contribution in [-0.4, -0.2) is 43.0 Å². The van der Waals surface area contributed by atoms with Gasteiger partial charge in [0.15, 0.2) is 5.96 Å². The minimum absolute atomic E-state index is 0. The number of carbonyl (C=O) groups is 1. The van der Waals surface area contributed by atoms with Gasteiger partial charge in [0.1, 0.15) is 5.75 Å². The minimum Gasteiger partial charge on any atom is -0.494 e. The molecule has 0 radical (unpaired) electrons. The van der Waals surface area contributed by atoms with Crippen LogP contribution in [0.5, 0.6) is 5.75 Å². The second-order valence-corrected chi connectivity index (χ2v) is 7.30. The number of halogens is 1. The molecule has 28 heavy (non-hydrogen) atoms. The number of amides is 1. The summed E-state index contributed by atoms with van der Waals surface area (Å²) < 4.78 is 5.44. The van der Waals surface area contributed by atoms with Gasteiger partial charge >= 0.3 is 0 Å². The van der Waals surface area contributed by atoms with E-state index in [2.05, 4.69) is 22.1 Å². The number of nitrogens with zero attached hydrogens (tertiary/aromatic N) is 2. The van der Waals surface area contributed by atoms with Crippen molar-refractivity contribution in [3.05, 3.63) is 29.8 Å². The number of ether oxygens (including phenoxy) is 1. The van der Waals surface area contributed by atoms with Crippen molar-refractivity contribution in [3.8, 4) is 5.75 Å². The Bertz CT molecular complexity index is 613. The average Bonchev–Trinajstić information content (AvgIpc) is 2.66. The van der Waals surface area contributed by atoms with Crippen molar-refractivity contribution in [2.75, 3.05) is 26.2 Å². The van der Waals surface area contributed by atoms with Gasteiger partial charge in [-0.2, -0.15) is 0 Å². The van der Waals surface area contributed by atoms with E-state index in [-0.39, 0.29) is 35.9 Å². The van der Waals surface area contributed by atoms with Gasteiger partial charge in [0, 0.05) is 26.1 Å². The van der Waals surface area contributed by atoms with Gasteiger partial charge in [-0.15, -0.1) is 24.0 Å². The fraction of sp³-hybridized carbons (Fsp3) is 0.619. The molecular formula is C21H35IN4O2. The Hall–Kier alpha value is -1.51. The first-order chi connectivity index (χ1) is 13.0. The first kappa shape index (κ1) is 24.5. The van der Waals surface area contributed by atoms with Gasteiger partial charge in [-0.1, -0.05) is 19.1 Å². The zero-order chi connectivity index (χ0) is 19.6. The number of aliphatic imine (C=N–C) groups is 1. The number of nitrogens with two attached hydrogens (primary N) is 1. The lowest BCUT2D eigenvalue weighted by Gasteiger charge is -2.31. The van der Waals surface area contributed by atoms with E-state index in [4.69, 9.17) is 10.5 Å². The summed E-state index contributed by atoms with van der Waals surface area (Å²) >= 11 is 0.